The molecule has 0 aromatic carbocycles. The summed E-state index contributed by atoms with van der Waals surface area (Å²) >= 11 is 1.81. The maximum absolute atomic E-state index is 4.69. The van der Waals surface area contributed by atoms with Crippen molar-refractivity contribution in [3.05, 3.63) is 35.1 Å². The van der Waals surface area contributed by atoms with Crippen LogP contribution in [-0.2, 0) is 0 Å². The molecule has 0 radical (unpaired) electrons. The molecule has 3 rings (SSSR count). The van der Waals surface area contributed by atoms with E-state index >= 15 is 0 Å². The summed E-state index contributed by atoms with van der Waals surface area (Å²) in [5.41, 5.74) is 2.28. The van der Waals surface area contributed by atoms with Gasteiger partial charge < -0.3 is 5.32 Å². The quantitative estimate of drug-likeness (QED) is 0.899. The van der Waals surface area contributed by atoms with Crippen LogP contribution in [0.15, 0.2) is 24.5 Å². The van der Waals surface area contributed by atoms with Crippen LogP contribution in [0, 0.1) is 6.92 Å². The predicted octanol–water partition coefficient (Wildman–Crippen LogP) is 3.33. The van der Waals surface area contributed by atoms with Crippen LogP contribution in [0.5, 0.6) is 0 Å². The van der Waals surface area contributed by atoms with E-state index in [1.807, 2.05) is 12.3 Å². The standard InChI is InChI=1S/C14H17N3S/c1-10-13(12-6-2-3-8-16-12)18-14(17-10)11-5-4-7-15-9-11/h4-5,7,9,12,16H,2-3,6,8H2,1H3. The summed E-state index contributed by atoms with van der Waals surface area (Å²) in [5, 5.41) is 4.68. The molecule has 1 unspecified atom stereocenters. The highest BCUT2D eigenvalue weighted by Gasteiger charge is 2.20. The Kier molecular flexibility index (Phi) is 3.39. The van der Waals surface area contributed by atoms with Crippen LogP contribution in [0.4, 0.5) is 0 Å². The van der Waals surface area contributed by atoms with Gasteiger partial charge >= 0.3 is 0 Å². The number of aromatic nitrogens is 2. The fraction of sp³-hybridized carbons (Fsp3) is 0.429. The van der Waals surface area contributed by atoms with Crippen LogP contribution in [0.2, 0.25) is 0 Å². The normalized spacial score (nSPS) is 19.9. The Bertz CT molecular complexity index is 515. The Balaban J connectivity index is 1.91. The van der Waals surface area contributed by atoms with E-state index in [0.29, 0.717) is 6.04 Å². The average Bonchev–Trinajstić information content (AvgIpc) is 2.83. The molecule has 0 amide bonds. The number of thiazole rings is 1. The third-order valence-corrected chi connectivity index (χ3v) is 4.69. The minimum Gasteiger partial charge on any atom is -0.309 e. The fourth-order valence-corrected chi connectivity index (χ4v) is 3.59. The zero-order valence-corrected chi connectivity index (χ0v) is 11.3. The molecule has 3 heterocycles. The second-order valence-electron chi connectivity index (χ2n) is 4.71. The molecule has 1 N–H and O–H groups in total. The van der Waals surface area contributed by atoms with Gasteiger partial charge in [0, 0.05) is 28.9 Å². The van der Waals surface area contributed by atoms with Gasteiger partial charge in [-0.05, 0) is 38.4 Å². The Morgan fingerprint density at radius 1 is 1.39 bits per heavy atom. The van der Waals surface area contributed by atoms with Crippen molar-refractivity contribution in [3.63, 3.8) is 0 Å². The van der Waals surface area contributed by atoms with Crippen molar-refractivity contribution < 1.29 is 0 Å². The van der Waals surface area contributed by atoms with E-state index in [9.17, 15) is 0 Å². The van der Waals surface area contributed by atoms with E-state index in [1.165, 1.54) is 29.8 Å². The molecule has 94 valence electrons. The molecule has 0 saturated carbocycles. The molecular formula is C14H17N3S. The number of pyridine rings is 1. The molecule has 1 saturated heterocycles. The Morgan fingerprint density at radius 3 is 3.06 bits per heavy atom. The molecule has 1 atom stereocenters. The molecule has 18 heavy (non-hydrogen) atoms. The summed E-state index contributed by atoms with van der Waals surface area (Å²) in [4.78, 5) is 10.3. The lowest BCUT2D eigenvalue weighted by atomic mass is 10.0. The predicted molar refractivity (Wildman–Crippen MR) is 74.7 cm³/mol. The van der Waals surface area contributed by atoms with Crippen LogP contribution in [0.1, 0.15) is 35.9 Å². The van der Waals surface area contributed by atoms with E-state index in [1.54, 1.807) is 17.5 Å². The Hall–Kier alpha value is -1.26. The van der Waals surface area contributed by atoms with Crippen LogP contribution < -0.4 is 5.32 Å². The van der Waals surface area contributed by atoms with E-state index in [2.05, 4.69) is 23.3 Å². The van der Waals surface area contributed by atoms with Gasteiger partial charge in [-0.3, -0.25) is 4.98 Å². The summed E-state index contributed by atoms with van der Waals surface area (Å²) in [5.74, 6) is 0. The van der Waals surface area contributed by atoms with Gasteiger partial charge in [0.15, 0.2) is 0 Å². The van der Waals surface area contributed by atoms with E-state index in [-0.39, 0.29) is 0 Å². The SMILES string of the molecule is Cc1nc(-c2cccnc2)sc1C1CCCCN1. The smallest absolute Gasteiger partial charge is 0.125 e. The van der Waals surface area contributed by atoms with Gasteiger partial charge in [-0.1, -0.05) is 6.42 Å². The summed E-state index contributed by atoms with van der Waals surface area (Å²) in [6.07, 6.45) is 7.53. The first kappa shape index (κ1) is 11.8. The van der Waals surface area contributed by atoms with E-state index in [4.69, 9.17) is 4.98 Å². The second kappa shape index (κ2) is 5.16. The van der Waals surface area contributed by atoms with Crippen LogP contribution >= 0.6 is 11.3 Å². The summed E-state index contributed by atoms with van der Waals surface area (Å²) in [7, 11) is 0. The minimum atomic E-state index is 0.502. The molecule has 1 aliphatic rings. The van der Waals surface area contributed by atoms with Crippen LogP contribution in [0.25, 0.3) is 10.6 Å². The summed E-state index contributed by atoms with van der Waals surface area (Å²) in [6, 6.07) is 4.54. The number of hydrogen-bond donors (Lipinski definition) is 1. The van der Waals surface area contributed by atoms with Crippen molar-refractivity contribution in [3.8, 4) is 10.6 Å². The highest BCUT2D eigenvalue weighted by molar-refractivity contribution is 7.15. The number of aryl methyl sites for hydroxylation is 1. The summed E-state index contributed by atoms with van der Waals surface area (Å²) in [6.45, 7) is 3.24. The molecule has 0 aliphatic carbocycles. The number of nitrogens with one attached hydrogen (secondary N) is 1. The molecule has 2 aromatic rings. The first-order valence-corrected chi connectivity index (χ1v) is 7.27. The van der Waals surface area contributed by atoms with Crippen molar-refractivity contribution in [1.82, 2.24) is 15.3 Å². The zero-order chi connectivity index (χ0) is 12.4. The maximum atomic E-state index is 4.69. The molecule has 0 bridgehead atoms. The number of hydrogen-bond acceptors (Lipinski definition) is 4. The van der Waals surface area contributed by atoms with Crippen molar-refractivity contribution in [2.45, 2.75) is 32.2 Å². The minimum absolute atomic E-state index is 0.502. The van der Waals surface area contributed by atoms with Crippen molar-refractivity contribution in [2.75, 3.05) is 6.54 Å². The second-order valence-corrected chi connectivity index (χ2v) is 5.74. The molecule has 4 heteroatoms. The van der Waals surface area contributed by atoms with Crippen molar-refractivity contribution in [1.29, 1.82) is 0 Å². The van der Waals surface area contributed by atoms with Crippen LogP contribution in [-0.4, -0.2) is 16.5 Å². The van der Waals surface area contributed by atoms with Gasteiger partial charge in [-0.2, -0.15) is 0 Å². The Morgan fingerprint density at radius 2 is 2.33 bits per heavy atom. The monoisotopic (exact) mass is 259 g/mol. The largest absolute Gasteiger partial charge is 0.309 e. The first-order chi connectivity index (χ1) is 8.84. The van der Waals surface area contributed by atoms with E-state index < -0.39 is 0 Å². The van der Waals surface area contributed by atoms with Gasteiger partial charge in [0.1, 0.15) is 5.01 Å². The molecule has 0 spiro atoms. The van der Waals surface area contributed by atoms with Gasteiger partial charge in [0.2, 0.25) is 0 Å². The third-order valence-electron chi connectivity index (χ3n) is 3.37. The molecule has 2 aromatic heterocycles. The van der Waals surface area contributed by atoms with Crippen molar-refractivity contribution in [2.24, 2.45) is 0 Å². The van der Waals surface area contributed by atoms with Gasteiger partial charge in [-0.15, -0.1) is 11.3 Å². The highest BCUT2D eigenvalue weighted by Crippen LogP contribution is 2.34. The average molecular weight is 259 g/mol. The first-order valence-electron chi connectivity index (χ1n) is 6.46. The number of piperidine rings is 1. The number of rotatable bonds is 2. The Labute approximate surface area is 111 Å². The van der Waals surface area contributed by atoms with E-state index in [0.717, 1.165) is 17.1 Å². The number of nitrogens with zero attached hydrogens (tertiary/aromatic N) is 2. The van der Waals surface area contributed by atoms with Crippen molar-refractivity contribution >= 4 is 11.3 Å². The fourth-order valence-electron chi connectivity index (χ4n) is 2.42. The molecule has 1 aliphatic heterocycles. The lowest BCUT2D eigenvalue weighted by Crippen LogP contribution is -2.26. The lowest BCUT2D eigenvalue weighted by molar-refractivity contribution is 0.415. The zero-order valence-electron chi connectivity index (χ0n) is 10.5. The molecular weight excluding hydrogens is 242 g/mol. The van der Waals surface area contributed by atoms with Gasteiger partial charge in [0.05, 0.1) is 5.69 Å². The third kappa shape index (κ3) is 2.31. The molecule has 1 fully saturated rings. The highest BCUT2D eigenvalue weighted by atomic mass is 32.1. The van der Waals surface area contributed by atoms with Gasteiger partial charge in [-0.25, -0.2) is 4.98 Å². The summed E-state index contributed by atoms with van der Waals surface area (Å²) < 4.78 is 0. The molecule has 3 nitrogen and oxygen atoms in total. The maximum Gasteiger partial charge on any atom is 0.125 e. The van der Waals surface area contributed by atoms with Crippen LogP contribution in [0.3, 0.4) is 0 Å². The lowest BCUT2D eigenvalue weighted by Gasteiger charge is -2.22. The topological polar surface area (TPSA) is 37.8 Å². The van der Waals surface area contributed by atoms with Gasteiger partial charge in [0.25, 0.3) is 0 Å².